The number of urea groups is 2. The Kier molecular flexibility index (Phi) is 6.90. The van der Waals surface area contributed by atoms with Crippen LogP contribution in [0.25, 0.3) is 0 Å². The Morgan fingerprint density at radius 1 is 1.29 bits per heavy atom. The van der Waals surface area contributed by atoms with Crippen molar-refractivity contribution in [2.45, 2.75) is 24.9 Å². The quantitative estimate of drug-likeness (QED) is 0.260. The maximum atomic E-state index is 12.6. The minimum Gasteiger partial charge on any atom is -1.00 e. The average Bonchev–Trinajstić information content (AvgIpc) is 2.83. The summed E-state index contributed by atoms with van der Waals surface area (Å²) >= 11 is 0. The van der Waals surface area contributed by atoms with Crippen LogP contribution in [0.2, 0.25) is 0 Å². The predicted molar refractivity (Wildman–Crippen MR) is 91.1 cm³/mol. The molecule has 0 spiro atoms. The molecule has 28 heavy (non-hydrogen) atoms. The summed E-state index contributed by atoms with van der Waals surface area (Å²) in [6.45, 7) is 0.0361. The van der Waals surface area contributed by atoms with Crippen LogP contribution in [0.4, 0.5) is 15.3 Å². The van der Waals surface area contributed by atoms with Crippen molar-refractivity contribution in [3.05, 3.63) is 30.3 Å². The van der Waals surface area contributed by atoms with Gasteiger partial charge in [0.15, 0.2) is 0 Å². The number of para-hydroxylation sites is 1. The van der Waals surface area contributed by atoms with Crippen molar-refractivity contribution in [2.24, 2.45) is 5.73 Å². The largest absolute Gasteiger partial charge is 1.00 e. The summed E-state index contributed by atoms with van der Waals surface area (Å²) in [7, 11) is -4.87. The second-order valence-electron chi connectivity index (χ2n) is 6.00. The zero-order valence-corrected chi connectivity index (χ0v) is 17.7. The molecule has 0 saturated carbocycles. The molecule has 5 amide bonds. The molecule has 4 N–H and O–H groups in total. The van der Waals surface area contributed by atoms with Gasteiger partial charge in [0.2, 0.25) is 0 Å². The first-order valence-electron chi connectivity index (χ1n) is 7.89. The van der Waals surface area contributed by atoms with Crippen molar-refractivity contribution < 1.29 is 62.6 Å². The second-order valence-corrected chi connectivity index (χ2v) is 7.00. The summed E-state index contributed by atoms with van der Waals surface area (Å²) < 4.78 is 34.9. The molecular weight excluding hydrogens is 405 g/mol. The van der Waals surface area contributed by atoms with Crippen molar-refractivity contribution in [2.75, 3.05) is 11.6 Å². The predicted octanol–water partition coefficient (Wildman–Crippen LogP) is -3.28. The Morgan fingerprint density at radius 3 is 2.50 bits per heavy atom. The number of carbonyl (C=O) groups excluding carboxylic acids is 3. The molecule has 12 nitrogen and oxygen atoms in total. The first-order chi connectivity index (χ1) is 12.7. The van der Waals surface area contributed by atoms with E-state index in [1.54, 1.807) is 30.3 Å². The van der Waals surface area contributed by atoms with Crippen LogP contribution in [0.5, 0.6) is 0 Å². The number of hydrazine groups is 1. The fourth-order valence-electron chi connectivity index (χ4n) is 3.11. The van der Waals surface area contributed by atoms with Crippen molar-refractivity contribution in [1.29, 1.82) is 0 Å². The SMILES string of the molecule is NC(=O)N(NC(=O)[C@@H]1CC[C@@H]2CN1C(=O)N2OS(=O)(=O)O)c1ccccc1.[H-].[Na+]. The maximum absolute atomic E-state index is 12.6. The monoisotopic (exact) mass is 423 g/mol. The van der Waals surface area contributed by atoms with E-state index in [1.165, 1.54) is 0 Å². The van der Waals surface area contributed by atoms with Gasteiger partial charge in [0, 0.05) is 6.54 Å². The molecule has 2 aliphatic heterocycles. The molecule has 2 bridgehead atoms. The number of amides is 5. The fourth-order valence-corrected chi connectivity index (χ4v) is 3.50. The summed E-state index contributed by atoms with van der Waals surface area (Å²) in [5, 5.41) is 1.38. The Morgan fingerprint density at radius 2 is 1.93 bits per heavy atom. The molecule has 0 aliphatic carbocycles. The molecule has 148 valence electrons. The number of nitrogens with two attached hydrogens (primary N) is 1. The summed E-state index contributed by atoms with van der Waals surface area (Å²) in [6.07, 6.45) is 0.465. The standard InChI is InChI=1S/C14H17N5O7S.Na.H/c15-13(21)18(9-4-2-1-3-5-9)16-12(20)11-7-6-10-8-17(11)14(22)19(10)26-27(23,24)25;;/h1-5,10-11H,6-8H2,(H2,15,21)(H,16,20)(H,23,24,25);;/q;+1;-1/t10-,11+;;/m1../s1. The molecule has 2 saturated heterocycles. The van der Waals surface area contributed by atoms with Gasteiger partial charge in [-0.25, -0.2) is 14.6 Å². The number of hydroxylamine groups is 2. The third kappa shape index (κ3) is 4.74. The van der Waals surface area contributed by atoms with Crippen LogP contribution in [0.1, 0.15) is 14.3 Å². The molecule has 0 radical (unpaired) electrons. The van der Waals surface area contributed by atoms with Gasteiger partial charge in [-0.1, -0.05) is 18.2 Å². The van der Waals surface area contributed by atoms with Gasteiger partial charge in [-0.2, -0.15) is 13.5 Å². The van der Waals surface area contributed by atoms with Gasteiger partial charge in [0.25, 0.3) is 5.91 Å². The van der Waals surface area contributed by atoms with Gasteiger partial charge in [-0.15, -0.1) is 4.28 Å². The molecule has 2 fully saturated rings. The van der Waals surface area contributed by atoms with Crippen LogP contribution < -0.4 is 45.7 Å². The molecule has 3 rings (SSSR count). The summed E-state index contributed by atoms with van der Waals surface area (Å²) in [5.41, 5.74) is 8.01. The van der Waals surface area contributed by atoms with Crippen molar-refractivity contribution >= 4 is 34.1 Å². The number of benzene rings is 1. The number of fused-ring (bicyclic) bond motifs is 2. The van der Waals surface area contributed by atoms with Crippen LogP contribution >= 0.6 is 0 Å². The smallest absolute Gasteiger partial charge is 1.00 e. The van der Waals surface area contributed by atoms with Crippen LogP contribution in [0.15, 0.2) is 30.3 Å². The minimum absolute atomic E-state index is 0. The van der Waals surface area contributed by atoms with Crippen LogP contribution in [-0.2, 0) is 19.5 Å². The van der Waals surface area contributed by atoms with Crippen molar-refractivity contribution in [3.8, 4) is 0 Å². The van der Waals surface area contributed by atoms with Gasteiger partial charge in [-0.3, -0.25) is 14.8 Å². The van der Waals surface area contributed by atoms with E-state index >= 15 is 0 Å². The van der Waals surface area contributed by atoms with E-state index in [2.05, 4.69) is 9.71 Å². The first-order valence-corrected chi connectivity index (χ1v) is 9.26. The van der Waals surface area contributed by atoms with Crippen LogP contribution in [-0.4, -0.2) is 59.5 Å². The van der Waals surface area contributed by atoms with Crippen molar-refractivity contribution in [1.82, 2.24) is 15.4 Å². The topological polar surface area (TPSA) is 163 Å². The fraction of sp³-hybridized carbons (Fsp3) is 0.357. The Hall–Kier alpha value is -1.90. The first kappa shape index (κ1) is 22.4. The van der Waals surface area contributed by atoms with Gasteiger partial charge >= 0.3 is 52.0 Å². The number of piperidine rings is 1. The van der Waals surface area contributed by atoms with E-state index in [1.807, 2.05) is 0 Å². The zero-order chi connectivity index (χ0) is 19.8. The normalized spacial score (nSPS) is 21.1. The number of hydrogen-bond acceptors (Lipinski definition) is 6. The van der Waals surface area contributed by atoms with Crippen LogP contribution in [0, 0.1) is 0 Å². The van der Waals surface area contributed by atoms with E-state index in [0.29, 0.717) is 10.8 Å². The second kappa shape index (κ2) is 8.63. The molecule has 1 aromatic carbocycles. The molecule has 2 aliphatic rings. The van der Waals surface area contributed by atoms with Gasteiger partial charge in [0.05, 0.1) is 11.7 Å². The van der Waals surface area contributed by atoms with E-state index in [9.17, 15) is 22.8 Å². The molecule has 0 aromatic heterocycles. The maximum Gasteiger partial charge on any atom is 1.00 e. The number of anilines is 1. The summed E-state index contributed by atoms with van der Waals surface area (Å²) in [5.74, 6) is -0.668. The third-order valence-electron chi connectivity index (χ3n) is 4.26. The number of rotatable bonds is 4. The average molecular weight is 423 g/mol. The molecule has 1 aromatic rings. The Labute approximate surface area is 184 Å². The van der Waals surface area contributed by atoms with Gasteiger partial charge in [-0.05, 0) is 25.0 Å². The molecular formula is C14H18N5NaO7S. The third-order valence-corrected chi connectivity index (χ3v) is 4.61. The number of primary amides is 1. The van der Waals surface area contributed by atoms with E-state index in [-0.39, 0.29) is 50.4 Å². The zero-order valence-electron chi connectivity index (χ0n) is 15.9. The molecule has 2 heterocycles. The minimum atomic E-state index is -4.87. The van der Waals surface area contributed by atoms with Crippen molar-refractivity contribution in [3.63, 3.8) is 0 Å². The number of nitrogens with zero attached hydrogens (tertiary/aromatic N) is 3. The Bertz CT molecular complexity index is 874. The summed E-state index contributed by atoms with van der Waals surface area (Å²) in [4.78, 5) is 37.8. The molecule has 2 atom stereocenters. The van der Waals surface area contributed by atoms with Crippen LogP contribution in [0.3, 0.4) is 0 Å². The number of carbonyl (C=O) groups is 3. The number of nitrogens with one attached hydrogen (secondary N) is 1. The molecule has 14 heteroatoms. The summed E-state index contributed by atoms with van der Waals surface area (Å²) in [6, 6.07) is 4.76. The van der Waals surface area contributed by atoms with Gasteiger partial charge < -0.3 is 12.1 Å². The Balaban J connectivity index is 0.00000210. The number of hydrogen-bond donors (Lipinski definition) is 3. The van der Waals surface area contributed by atoms with E-state index < -0.39 is 40.5 Å². The van der Waals surface area contributed by atoms with Gasteiger partial charge in [0.1, 0.15) is 6.04 Å². The van der Waals surface area contributed by atoms with E-state index in [4.69, 9.17) is 10.3 Å². The molecule has 0 unspecified atom stereocenters. The van der Waals surface area contributed by atoms with E-state index in [0.717, 1.165) is 9.91 Å².